The fourth-order valence-electron chi connectivity index (χ4n) is 0.311. The van der Waals surface area contributed by atoms with E-state index in [9.17, 15) is 0 Å². The first kappa shape index (κ1) is 12.9. The average Bonchev–Trinajstić information content (AvgIpc) is 1.63. The van der Waals surface area contributed by atoms with Gasteiger partial charge in [0, 0.05) is 12.2 Å². The van der Waals surface area contributed by atoms with Crippen molar-refractivity contribution in [3.63, 3.8) is 0 Å². The van der Waals surface area contributed by atoms with Crippen molar-refractivity contribution in [1.82, 2.24) is 0 Å². The molecule has 0 bridgehead atoms. The van der Waals surface area contributed by atoms with Crippen LogP contribution in [0.4, 0.5) is 0 Å². The molecule has 62 valence electrons. The molecule has 0 radical (unpaired) electrons. The molecule has 0 aliphatic rings. The topological polar surface area (TPSA) is 18.5 Å². The molecule has 0 fully saturated rings. The molecule has 0 rings (SSSR count). The Morgan fingerprint density at radius 3 is 1.40 bits per heavy atom. The molecule has 0 aromatic carbocycles. The second-order valence-electron chi connectivity index (χ2n) is 2.55. The first-order valence-electron chi connectivity index (χ1n) is 3.36. The third-order valence-electron chi connectivity index (χ3n) is 0.803. The highest BCUT2D eigenvalue weighted by molar-refractivity contribution is 6.18. The van der Waals surface area contributed by atoms with Crippen LogP contribution in [0.5, 0.6) is 0 Å². The highest BCUT2D eigenvalue weighted by Gasteiger charge is 1.97. The maximum atomic E-state index is 5.13. The molecule has 0 heterocycles. The van der Waals surface area contributed by atoms with Gasteiger partial charge in [-0.1, -0.05) is 0 Å². The normalized spacial score (nSPS) is 9.80. The predicted octanol–water partition coefficient (Wildman–Crippen LogP) is 1.52. The van der Waals surface area contributed by atoms with Gasteiger partial charge in [-0.3, -0.25) is 0 Å². The van der Waals surface area contributed by atoms with Crippen LogP contribution in [-0.2, 0) is 9.31 Å². The van der Waals surface area contributed by atoms with E-state index in [1.807, 2.05) is 27.7 Å². The molecule has 0 atom stereocenters. The fourth-order valence-corrected chi connectivity index (χ4v) is 0.311. The third-order valence-corrected chi connectivity index (χ3v) is 0.803. The zero-order chi connectivity index (χ0) is 7.28. The Labute approximate surface area is 70.0 Å². The molecule has 2 nitrogen and oxygen atoms in total. The first-order chi connectivity index (χ1) is 4.13. The van der Waals surface area contributed by atoms with Crippen molar-refractivity contribution in [2.45, 2.75) is 39.9 Å². The van der Waals surface area contributed by atoms with E-state index >= 15 is 0 Å². The van der Waals surface area contributed by atoms with E-state index in [0.717, 1.165) is 0 Å². The minimum absolute atomic E-state index is 0. The van der Waals surface area contributed by atoms with Gasteiger partial charge in [-0.25, -0.2) is 0 Å². The smallest absolute Gasteiger partial charge is 0.412 e. The zero-order valence-corrected chi connectivity index (χ0v) is 7.90. The second-order valence-corrected chi connectivity index (χ2v) is 2.55. The van der Waals surface area contributed by atoms with Crippen LogP contribution in [0, 0.1) is 0 Å². The highest BCUT2D eigenvalue weighted by Crippen LogP contribution is 1.89. The molecule has 0 N–H and O–H groups in total. The van der Waals surface area contributed by atoms with Crippen molar-refractivity contribution < 1.29 is 9.31 Å². The molecule has 0 spiro atoms. The Bertz CT molecular complexity index is 60.8. The van der Waals surface area contributed by atoms with Gasteiger partial charge in [-0.2, -0.15) is 0 Å². The number of hydrogen-bond acceptors (Lipinski definition) is 2. The Morgan fingerprint density at radius 2 is 1.20 bits per heavy atom. The second kappa shape index (κ2) is 7.38. The first-order valence-corrected chi connectivity index (χ1v) is 3.36. The van der Waals surface area contributed by atoms with Gasteiger partial charge in [0.1, 0.15) is 0 Å². The summed E-state index contributed by atoms with van der Waals surface area (Å²) >= 11 is 0. The van der Waals surface area contributed by atoms with E-state index in [0.29, 0.717) is 7.69 Å². The SMILES string of the molecule is CC(C)OBOC(C)C.Cl. The van der Waals surface area contributed by atoms with Gasteiger partial charge >= 0.3 is 7.69 Å². The maximum Gasteiger partial charge on any atom is 0.438 e. The van der Waals surface area contributed by atoms with Crippen LogP contribution in [0.2, 0.25) is 0 Å². The Balaban J connectivity index is 0. The predicted molar refractivity (Wildman–Crippen MR) is 46.8 cm³/mol. The van der Waals surface area contributed by atoms with Crippen molar-refractivity contribution >= 4 is 20.1 Å². The van der Waals surface area contributed by atoms with Gasteiger partial charge in [0.05, 0.1) is 0 Å². The van der Waals surface area contributed by atoms with Crippen molar-refractivity contribution in [2.75, 3.05) is 0 Å². The van der Waals surface area contributed by atoms with E-state index in [-0.39, 0.29) is 24.6 Å². The van der Waals surface area contributed by atoms with Crippen LogP contribution in [0.1, 0.15) is 27.7 Å². The van der Waals surface area contributed by atoms with E-state index in [1.54, 1.807) is 0 Å². The lowest BCUT2D eigenvalue weighted by molar-refractivity contribution is 0.152. The highest BCUT2D eigenvalue weighted by atomic mass is 35.5. The summed E-state index contributed by atoms with van der Waals surface area (Å²) in [7, 11) is 0.412. The number of halogens is 1. The van der Waals surface area contributed by atoms with Crippen LogP contribution < -0.4 is 0 Å². The van der Waals surface area contributed by atoms with Gasteiger partial charge in [-0.05, 0) is 27.7 Å². The lowest BCUT2D eigenvalue weighted by atomic mass is 10.3. The minimum Gasteiger partial charge on any atom is -0.412 e. The van der Waals surface area contributed by atoms with Crippen molar-refractivity contribution in [1.29, 1.82) is 0 Å². The van der Waals surface area contributed by atoms with Crippen LogP contribution in [-0.4, -0.2) is 19.9 Å². The molecule has 4 heteroatoms. The van der Waals surface area contributed by atoms with E-state index in [1.165, 1.54) is 0 Å². The van der Waals surface area contributed by atoms with Gasteiger partial charge in [0.15, 0.2) is 0 Å². The van der Waals surface area contributed by atoms with Gasteiger partial charge in [-0.15, -0.1) is 12.4 Å². The number of hydrogen-bond donors (Lipinski definition) is 0. The summed E-state index contributed by atoms with van der Waals surface area (Å²) in [6.07, 6.45) is 0.535. The molecule has 0 aliphatic carbocycles. The minimum atomic E-state index is 0. The van der Waals surface area contributed by atoms with Crippen LogP contribution in [0.25, 0.3) is 0 Å². The Kier molecular flexibility index (Phi) is 9.53. The van der Waals surface area contributed by atoms with E-state index in [4.69, 9.17) is 9.31 Å². The number of rotatable bonds is 4. The lowest BCUT2D eigenvalue weighted by Gasteiger charge is -2.08. The van der Waals surface area contributed by atoms with Crippen LogP contribution in [0.3, 0.4) is 0 Å². The molecule has 0 aromatic rings. The summed E-state index contributed by atoms with van der Waals surface area (Å²) in [6.45, 7) is 7.96. The van der Waals surface area contributed by atoms with Crippen molar-refractivity contribution in [3.05, 3.63) is 0 Å². The third kappa shape index (κ3) is 11.1. The molecule has 0 saturated carbocycles. The molecule has 0 aliphatic heterocycles. The molecule has 0 unspecified atom stereocenters. The van der Waals surface area contributed by atoms with Crippen LogP contribution >= 0.6 is 12.4 Å². The van der Waals surface area contributed by atoms with E-state index in [2.05, 4.69) is 0 Å². The van der Waals surface area contributed by atoms with Gasteiger partial charge in [0.25, 0.3) is 0 Å². The molecule has 0 saturated heterocycles. The van der Waals surface area contributed by atoms with E-state index < -0.39 is 0 Å². The quantitative estimate of drug-likeness (QED) is 0.590. The Hall–Kier alpha value is 0.275. The summed E-state index contributed by atoms with van der Waals surface area (Å²) in [5, 5.41) is 0. The average molecular weight is 166 g/mol. The van der Waals surface area contributed by atoms with Crippen LogP contribution in [0.15, 0.2) is 0 Å². The Morgan fingerprint density at radius 1 is 0.900 bits per heavy atom. The van der Waals surface area contributed by atoms with Gasteiger partial charge < -0.3 is 9.31 Å². The monoisotopic (exact) mass is 166 g/mol. The molecule has 0 amide bonds. The molecular formula is C6H16BClO2. The summed E-state index contributed by atoms with van der Waals surface area (Å²) in [5.41, 5.74) is 0. The summed E-state index contributed by atoms with van der Waals surface area (Å²) in [6, 6.07) is 0. The summed E-state index contributed by atoms with van der Waals surface area (Å²) in [4.78, 5) is 0. The summed E-state index contributed by atoms with van der Waals surface area (Å²) in [5.74, 6) is 0. The molecule has 0 aromatic heterocycles. The molecular weight excluding hydrogens is 150 g/mol. The lowest BCUT2D eigenvalue weighted by Crippen LogP contribution is -2.14. The summed E-state index contributed by atoms with van der Waals surface area (Å²) < 4.78 is 10.3. The maximum absolute atomic E-state index is 5.13. The van der Waals surface area contributed by atoms with Gasteiger partial charge in [0.2, 0.25) is 0 Å². The largest absolute Gasteiger partial charge is 0.438 e. The van der Waals surface area contributed by atoms with Crippen molar-refractivity contribution in [2.24, 2.45) is 0 Å². The zero-order valence-electron chi connectivity index (χ0n) is 7.09. The molecule has 10 heavy (non-hydrogen) atoms. The standard InChI is InChI=1S/C6H15BO2.ClH/c1-5(2)8-7-9-6(3)4;/h5-7H,1-4H3;1H. The van der Waals surface area contributed by atoms with Crippen molar-refractivity contribution in [3.8, 4) is 0 Å². The fraction of sp³-hybridized carbons (Fsp3) is 1.00.